The summed E-state index contributed by atoms with van der Waals surface area (Å²) in [7, 11) is 0. The number of hydrogen-bond acceptors (Lipinski definition) is 6. The second-order valence-electron chi connectivity index (χ2n) is 5.85. The van der Waals surface area contributed by atoms with Crippen molar-refractivity contribution >= 4 is 23.9 Å². The Hall–Kier alpha value is -3.10. The van der Waals surface area contributed by atoms with Gasteiger partial charge in [-0.15, -0.1) is 0 Å². The molecule has 0 aliphatic heterocycles. The van der Waals surface area contributed by atoms with Gasteiger partial charge in [0, 0.05) is 0 Å². The SMILES string of the molecule is CCOC(=O)C[C@H](C)[C@H](NC(=O)CNC(=O)OCc1ccccc1)C(N)=O. The molecule has 0 saturated carbocycles. The zero-order valence-corrected chi connectivity index (χ0v) is 15.4. The molecular weight excluding hydrogens is 354 g/mol. The van der Waals surface area contributed by atoms with Crippen molar-refractivity contribution in [3.05, 3.63) is 35.9 Å². The van der Waals surface area contributed by atoms with E-state index in [0.717, 1.165) is 5.56 Å². The fourth-order valence-electron chi connectivity index (χ4n) is 2.25. The van der Waals surface area contributed by atoms with Crippen LogP contribution in [0.3, 0.4) is 0 Å². The first kappa shape index (κ1) is 21.9. The highest BCUT2D eigenvalue weighted by atomic mass is 16.5. The molecule has 1 aromatic rings. The van der Waals surface area contributed by atoms with Crippen LogP contribution in [-0.4, -0.2) is 43.1 Å². The summed E-state index contributed by atoms with van der Waals surface area (Å²) in [4.78, 5) is 46.6. The summed E-state index contributed by atoms with van der Waals surface area (Å²) in [6, 6.07) is 7.98. The van der Waals surface area contributed by atoms with E-state index in [9.17, 15) is 19.2 Å². The maximum absolute atomic E-state index is 11.9. The molecular formula is C18H25N3O6. The van der Waals surface area contributed by atoms with Crippen LogP contribution in [-0.2, 0) is 30.5 Å². The predicted molar refractivity (Wildman–Crippen MR) is 96.2 cm³/mol. The van der Waals surface area contributed by atoms with E-state index in [1.54, 1.807) is 26.0 Å². The average Bonchev–Trinajstić information content (AvgIpc) is 2.63. The molecule has 0 aliphatic carbocycles. The van der Waals surface area contributed by atoms with E-state index in [1.165, 1.54) is 0 Å². The molecule has 9 nitrogen and oxygen atoms in total. The molecule has 0 bridgehead atoms. The van der Waals surface area contributed by atoms with E-state index in [1.807, 2.05) is 18.2 Å². The number of alkyl carbamates (subject to hydrolysis) is 1. The Morgan fingerprint density at radius 2 is 1.78 bits per heavy atom. The molecule has 0 saturated heterocycles. The van der Waals surface area contributed by atoms with E-state index in [4.69, 9.17) is 15.2 Å². The molecule has 0 aliphatic rings. The van der Waals surface area contributed by atoms with Gasteiger partial charge in [-0.2, -0.15) is 0 Å². The minimum atomic E-state index is -1.07. The number of primary amides is 1. The topological polar surface area (TPSA) is 137 Å². The van der Waals surface area contributed by atoms with Gasteiger partial charge in [0.2, 0.25) is 11.8 Å². The standard InChI is InChI=1S/C18H25N3O6/c1-3-26-15(23)9-12(2)16(17(19)24)21-14(22)10-20-18(25)27-11-13-7-5-4-6-8-13/h4-8,12,16H,3,9-11H2,1-2H3,(H2,19,24)(H,20,25)(H,21,22)/t12-,16-/m0/s1. The van der Waals surface area contributed by atoms with Crippen molar-refractivity contribution in [1.82, 2.24) is 10.6 Å². The number of nitrogens with one attached hydrogen (secondary N) is 2. The van der Waals surface area contributed by atoms with Crippen molar-refractivity contribution < 1.29 is 28.7 Å². The van der Waals surface area contributed by atoms with Gasteiger partial charge in [0.1, 0.15) is 19.2 Å². The lowest BCUT2D eigenvalue weighted by molar-refractivity contribution is -0.144. The first-order valence-corrected chi connectivity index (χ1v) is 8.52. The van der Waals surface area contributed by atoms with Gasteiger partial charge in [-0.05, 0) is 18.4 Å². The second-order valence-corrected chi connectivity index (χ2v) is 5.85. The second kappa shape index (κ2) is 11.5. The molecule has 9 heteroatoms. The summed E-state index contributed by atoms with van der Waals surface area (Å²) in [5, 5.41) is 4.68. The van der Waals surface area contributed by atoms with Gasteiger partial charge in [0.05, 0.1) is 13.0 Å². The lowest BCUT2D eigenvalue weighted by Crippen LogP contribution is -2.51. The number of carbonyl (C=O) groups excluding carboxylic acids is 4. The van der Waals surface area contributed by atoms with E-state index >= 15 is 0 Å². The van der Waals surface area contributed by atoms with Crippen LogP contribution in [0.1, 0.15) is 25.8 Å². The molecule has 0 fully saturated rings. The zero-order valence-electron chi connectivity index (χ0n) is 15.4. The number of esters is 1. The Morgan fingerprint density at radius 1 is 1.11 bits per heavy atom. The molecule has 1 rings (SSSR count). The highest BCUT2D eigenvalue weighted by molar-refractivity contribution is 5.89. The monoisotopic (exact) mass is 379 g/mol. The molecule has 4 N–H and O–H groups in total. The number of ether oxygens (including phenoxy) is 2. The van der Waals surface area contributed by atoms with Crippen molar-refractivity contribution in [3.63, 3.8) is 0 Å². The van der Waals surface area contributed by atoms with E-state index in [0.29, 0.717) is 0 Å². The zero-order chi connectivity index (χ0) is 20.2. The lowest BCUT2D eigenvalue weighted by atomic mass is 9.97. The molecule has 0 spiro atoms. The van der Waals surface area contributed by atoms with Gasteiger partial charge >= 0.3 is 12.1 Å². The average molecular weight is 379 g/mol. The third-order valence-corrected chi connectivity index (χ3v) is 3.59. The van der Waals surface area contributed by atoms with Gasteiger partial charge in [0.25, 0.3) is 0 Å². The van der Waals surface area contributed by atoms with Crippen molar-refractivity contribution in [2.45, 2.75) is 32.9 Å². The Labute approximate surface area is 157 Å². The van der Waals surface area contributed by atoms with Crippen molar-refractivity contribution in [2.24, 2.45) is 11.7 Å². The third-order valence-electron chi connectivity index (χ3n) is 3.59. The fraction of sp³-hybridized carbons (Fsp3) is 0.444. The molecule has 0 heterocycles. The van der Waals surface area contributed by atoms with E-state index < -0.39 is 42.4 Å². The van der Waals surface area contributed by atoms with Gasteiger partial charge in [-0.1, -0.05) is 37.3 Å². The van der Waals surface area contributed by atoms with E-state index in [2.05, 4.69) is 10.6 Å². The molecule has 3 amide bonds. The van der Waals surface area contributed by atoms with Crippen molar-refractivity contribution in [1.29, 1.82) is 0 Å². The third kappa shape index (κ3) is 8.70. The fourth-order valence-corrected chi connectivity index (χ4v) is 2.25. The summed E-state index contributed by atoms with van der Waals surface area (Å²) in [6.07, 6.45) is -0.849. The van der Waals surface area contributed by atoms with Crippen LogP contribution < -0.4 is 16.4 Å². The molecule has 148 valence electrons. The Morgan fingerprint density at radius 3 is 2.37 bits per heavy atom. The lowest BCUT2D eigenvalue weighted by Gasteiger charge is -2.21. The maximum Gasteiger partial charge on any atom is 0.407 e. The van der Waals surface area contributed by atoms with E-state index in [-0.39, 0.29) is 19.6 Å². The van der Waals surface area contributed by atoms with Gasteiger partial charge in [-0.3, -0.25) is 14.4 Å². The number of hydrogen-bond donors (Lipinski definition) is 3. The first-order chi connectivity index (χ1) is 12.8. The van der Waals surface area contributed by atoms with Crippen LogP contribution in [0, 0.1) is 5.92 Å². The summed E-state index contributed by atoms with van der Waals surface area (Å²) >= 11 is 0. The van der Waals surface area contributed by atoms with Crippen LogP contribution in [0.25, 0.3) is 0 Å². The molecule has 0 unspecified atom stereocenters. The molecule has 2 atom stereocenters. The maximum atomic E-state index is 11.9. The van der Waals surface area contributed by atoms with Crippen LogP contribution in [0.5, 0.6) is 0 Å². The summed E-state index contributed by atoms with van der Waals surface area (Å²) in [5.41, 5.74) is 6.09. The number of benzene rings is 1. The van der Waals surface area contributed by atoms with Gasteiger partial charge in [-0.25, -0.2) is 4.79 Å². The highest BCUT2D eigenvalue weighted by Crippen LogP contribution is 2.09. The number of rotatable bonds is 10. The Bertz CT molecular complexity index is 650. The first-order valence-electron chi connectivity index (χ1n) is 8.52. The number of amides is 3. The Balaban J connectivity index is 2.41. The largest absolute Gasteiger partial charge is 0.466 e. The van der Waals surface area contributed by atoms with Crippen LogP contribution in [0.2, 0.25) is 0 Å². The summed E-state index contributed by atoms with van der Waals surface area (Å²) in [5.74, 6) is -2.47. The minimum Gasteiger partial charge on any atom is -0.466 e. The number of carbonyl (C=O) groups is 4. The van der Waals surface area contributed by atoms with Crippen LogP contribution in [0.4, 0.5) is 4.79 Å². The molecule has 1 aromatic carbocycles. The normalized spacial score (nSPS) is 12.4. The van der Waals surface area contributed by atoms with Gasteiger partial charge in [0.15, 0.2) is 0 Å². The minimum absolute atomic E-state index is 0.0643. The predicted octanol–water partition coefficient (Wildman–Crippen LogP) is 0.472. The number of nitrogens with two attached hydrogens (primary N) is 1. The molecule has 27 heavy (non-hydrogen) atoms. The Kier molecular flexibility index (Phi) is 9.35. The van der Waals surface area contributed by atoms with Crippen molar-refractivity contribution in [3.8, 4) is 0 Å². The quantitative estimate of drug-likeness (QED) is 0.506. The molecule has 0 radical (unpaired) electrons. The van der Waals surface area contributed by atoms with Gasteiger partial charge < -0.3 is 25.8 Å². The molecule has 0 aromatic heterocycles. The smallest absolute Gasteiger partial charge is 0.407 e. The summed E-state index contributed by atoms with van der Waals surface area (Å²) in [6.45, 7) is 3.14. The summed E-state index contributed by atoms with van der Waals surface area (Å²) < 4.78 is 9.79. The van der Waals surface area contributed by atoms with Crippen molar-refractivity contribution in [2.75, 3.05) is 13.2 Å². The van der Waals surface area contributed by atoms with Crippen LogP contribution in [0.15, 0.2) is 30.3 Å². The van der Waals surface area contributed by atoms with Crippen LogP contribution >= 0.6 is 0 Å². The highest BCUT2D eigenvalue weighted by Gasteiger charge is 2.27.